The van der Waals surface area contributed by atoms with E-state index in [1.807, 2.05) is 87.6 Å². The number of ether oxygens (including phenoxy) is 2. The third-order valence-corrected chi connectivity index (χ3v) is 21.6. The number of halogens is 6. The fraction of sp³-hybridized carbons (Fsp3) is 0.487. The second-order valence-corrected chi connectivity index (χ2v) is 33.6. The second kappa shape index (κ2) is 33.8. The van der Waals surface area contributed by atoms with Crippen molar-refractivity contribution in [3.63, 3.8) is 0 Å². The first-order chi connectivity index (χ1) is 52.9. The summed E-state index contributed by atoms with van der Waals surface area (Å²) < 4.78 is 71.3. The van der Waals surface area contributed by atoms with Crippen LogP contribution >= 0.6 is 47.4 Å². The molecule has 18 rings (SSSR count). The highest BCUT2D eigenvalue weighted by atomic mass is 35.5. The van der Waals surface area contributed by atoms with Gasteiger partial charge in [0.25, 0.3) is 23.3 Å². The average Bonchev–Trinajstić information content (AvgIpc) is 1.68. The lowest BCUT2D eigenvalue weighted by Crippen LogP contribution is -2.73. The molecule has 112 heavy (non-hydrogen) atoms. The number of nitrogens with two attached hydrogens (primary N) is 1. The highest BCUT2D eigenvalue weighted by Crippen LogP contribution is 2.45. The summed E-state index contributed by atoms with van der Waals surface area (Å²) in [6.07, 6.45) is 12.2. The number of rotatable bonds is 15. The number of carboxylic acid groups (broad SMARTS) is 1. The van der Waals surface area contributed by atoms with E-state index in [0.29, 0.717) is 139 Å². The number of aromatic nitrogens is 8. The number of carbonyl (C=O) groups excluding carboxylic acids is 3. The molecular weight excluding hydrogens is 1530 g/mol. The lowest BCUT2D eigenvalue weighted by Gasteiger charge is -2.59. The summed E-state index contributed by atoms with van der Waals surface area (Å²) in [5.41, 5.74) is 14.4. The Hall–Kier alpha value is -9.27. The molecule has 2 spiro atoms. The van der Waals surface area contributed by atoms with Gasteiger partial charge >= 0.3 is 19.6 Å². The summed E-state index contributed by atoms with van der Waals surface area (Å²) >= 11 is 13.5. The van der Waals surface area contributed by atoms with Crippen molar-refractivity contribution >= 4 is 134 Å². The minimum atomic E-state index is -0.765. The van der Waals surface area contributed by atoms with Crippen LogP contribution in [0.5, 0.6) is 0 Å². The number of oxazole rings is 4. The Balaban J connectivity index is 0.000000138. The molecule has 8 aliphatic rings. The van der Waals surface area contributed by atoms with E-state index in [4.69, 9.17) is 61.2 Å². The Bertz CT molecular complexity index is 4960. The van der Waals surface area contributed by atoms with Gasteiger partial charge in [0.1, 0.15) is 50.7 Å². The van der Waals surface area contributed by atoms with Crippen LogP contribution in [0.4, 0.5) is 40.8 Å². The summed E-state index contributed by atoms with van der Waals surface area (Å²) in [5, 5.41) is 15.4. The molecule has 5 N–H and O–H groups in total. The highest BCUT2D eigenvalue weighted by Gasteiger charge is 2.55. The van der Waals surface area contributed by atoms with Gasteiger partial charge in [0.15, 0.2) is 0 Å². The predicted octanol–water partition coefficient (Wildman–Crippen LogP) is 13.2. The number of alkyl halides is 2. The quantitative estimate of drug-likeness (QED) is 0.0547. The molecule has 27 nitrogen and oxygen atoms in total. The Labute approximate surface area is 666 Å². The summed E-state index contributed by atoms with van der Waals surface area (Å²) in [5.74, 6) is 0.460. The van der Waals surface area contributed by atoms with E-state index >= 15 is 0 Å². The van der Waals surface area contributed by atoms with E-state index in [-0.39, 0.29) is 60.2 Å². The fourth-order valence-corrected chi connectivity index (χ4v) is 14.6. The second-order valence-electron chi connectivity index (χ2n) is 32.3. The highest BCUT2D eigenvalue weighted by molar-refractivity contribution is 7.98. The van der Waals surface area contributed by atoms with Crippen LogP contribution in [0.25, 0.3) is 44.9 Å². The van der Waals surface area contributed by atoms with Crippen molar-refractivity contribution in [2.24, 2.45) is 27.4 Å². The van der Waals surface area contributed by atoms with Gasteiger partial charge in [-0.05, 0) is 126 Å². The lowest BCUT2D eigenvalue weighted by molar-refractivity contribution is -0.136. The average molecular weight is 1630 g/mol. The minimum Gasteiger partial charge on any atom is -0.481 e. The van der Waals surface area contributed by atoms with Crippen LogP contribution in [0.3, 0.4) is 0 Å². The number of pyridine rings is 4. The molecule has 14 heterocycles. The molecule has 3 amide bonds. The van der Waals surface area contributed by atoms with Gasteiger partial charge in [-0.2, -0.15) is 15.0 Å². The molecule has 0 radical (unpaired) electrons. The minimum absolute atomic E-state index is 0. The monoisotopic (exact) mass is 1620 g/mol. The molecule has 598 valence electrons. The molecule has 0 atom stereocenters. The Morgan fingerprint density at radius 3 is 1.37 bits per heavy atom. The standard InChI is InChI=1S/C23H25ClN4O2.C16H19FN4O3.C11H12ClFN4O.C11H12O2.C10H18N2O2.C7H5FN2OS.ClH/c1-15-8-19-21(25-10-15)30-22(27-19)28-13-23(11-24,14-28)12-26-20(29)9-16-2-4-17(5-3-16)18-6-7-18;1-15(2,3)24-14(22)21-8-16(9-21)6-20(7-16)13-19-11-4-10(17)5-18-12(11)23-13;12-3-11(4-14)5-17(6-11)10-16-8-1-7(13)2-15-9(8)18-10;12-11(13)7-8-1-3-9(4-2-8)10-5-6-10;1-9(2,3)14-8(13)12-6-10(7-12)4-11-5-10;1-12-7-10-5-2-4(8)3-9-6(5)11-7;/h2-5,8,10,18H,6-7,9,11-14H2,1H3,(H,26,29);4-5H,6-9H2,1-3H3;1-2H,3-6,14H2;1-4,10H,5-7H2,(H,12,13);11H,4-7H2,1-3H3;2-3H,1H3;1H/p+1. The van der Waals surface area contributed by atoms with E-state index in [2.05, 4.69) is 86.9 Å². The van der Waals surface area contributed by atoms with E-state index in [1.54, 1.807) is 16.0 Å². The summed E-state index contributed by atoms with van der Waals surface area (Å²) in [4.78, 5) is 88.5. The van der Waals surface area contributed by atoms with Crippen LogP contribution in [0.1, 0.15) is 108 Å². The molecular formula is C78H93Cl3F3N16O11S+. The van der Waals surface area contributed by atoms with E-state index < -0.39 is 29.0 Å². The summed E-state index contributed by atoms with van der Waals surface area (Å²) in [6, 6.07) is 23.7. The summed E-state index contributed by atoms with van der Waals surface area (Å²) in [7, 11) is 0. The first kappa shape index (κ1) is 82.2. The van der Waals surface area contributed by atoms with Gasteiger partial charge in [-0.1, -0.05) is 60.3 Å². The Kier molecular flexibility index (Phi) is 24.8. The van der Waals surface area contributed by atoms with Crippen LogP contribution < -0.4 is 31.1 Å². The number of nitrogens with one attached hydrogen (secondary N) is 2. The maximum absolute atomic E-state index is 13.2. The molecule has 6 aliphatic heterocycles. The molecule has 8 fully saturated rings. The molecule has 8 aromatic heterocycles. The topological polar surface area (TPSA) is 329 Å². The number of aliphatic carboxylic acids is 1. The molecule has 0 unspecified atom stereocenters. The molecule has 34 heteroatoms. The van der Waals surface area contributed by atoms with Gasteiger partial charge in [-0.3, -0.25) is 9.59 Å². The zero-order valence-corrected chi connectivity index (χ0v) is 66.7. The van der Waals surface area contributed by atoms with Crippen molar-refractivity contribution in [1.29, 1.82) is 0 Å². The number of benzene rings is 2. The smallest absolute Gasteiger partial charge is 0.481 e. The van der Waals surface area contributed by atoms with Gasteiger partial charge < -0.3 is 73.1 Å². The van der Waals surface area contributed by atoms with E-state index in [0.717, 1.165) is 91.9 Å². The van der Waals surface area contributed by atoms with Crippen molar-refractivity contribution in [2.75, 3.05) is 124 Å². The van der Waals surface area contributed by atoms with Crippen LogP contribution in [0.15, 0.2) is 120 Å². The first-order valence-corrected chi connectivity index (χ1v) is 39.1. The van der Waals surface area contributed by atoms with Crippen LogP contribution in [0.2, 0.25) is 0 Å². The third-order valence-electron chi connectivity index (χ3n) is 20.0. The molecule has 2 aromatic carbocycles. The number of hydrogen-bond donors (Lipinski definition) is 4. The number of carboxylic acids is 1. The van der Waals surface area contributed by atoms with Crippen molar-refractivity contribution < 1.29 is 66.0 Å². The zero-order chi connectivity index (χ0) is 78.8. The van der Waals surface area contributed by atoms with Crippen molar-refractivity contribution in [3.05, 3.63) is 143 Å². The first-order valence-electron chi connectivity index (χ1n) is 36.8. The number of likely N-dealkylation sites (tertiary alicyclic amines) is 2. The van der Waals surface area contributed by atoms with Gasteiger partial charge in [0.05, 0.1) is 31.4 Å². The molecule has 6 saturated heterocycles. The number of amides is 3. The van der Waals surface area contributed by atoms with Crippen LogP contribution in [0, 0.1) is 46.0 Å². The largest absolute Gasteiger partial charge is 1.00 e. The SMILES string of the molecule is CC(C)(C)OC(=O)N1CC2(C1)CN(c1nc3cc(F)cnc3o1)C2.CC(C)(C)OC(=O)N1CC2(CNC2)C1.CSc1nc2cc(F)cnc2o1.Cc1cnc2oc(N3CC(CCl)(CNC(=O)Cc4ccc(C5CC5)cc4)C3)nc2c1.Cl.NCC1(CCl)CN(c2nc3cc(F)cnc3o2)C1.O=C(O)Cc1ccc(C2CC2)cc1.[H+]. The molecule has 10 aromatic rings. The number of nitrogens with zero attached hydrogens (tertiary/aromatic N) is 13. The number of aryl methyl sites for hydroxylation is 1. The maximum atomic E-state index is 13.2. The normalized spacial score (nSPS) is 17.8. The maximum Gasteiger partial charge on any atom is 1.00 e. The third kappa shape index (κ3) is 20.4. The summed E-state index contributed by atoms with van der Waals surface area (Å²) in [6.45, 7) is 23.7. The predicted molar refractivity (Wildman–Crippen MR) is 422 cm³/mol. The van der Waals surface area contributed by atoms with Gasteiger partial charge in [-0.15, -0.1) is 35.6 Å². The van der Waals surface area contributed by atoms with Crippen LogP contribution in [-0.2, 0) is 31.9 Å². The number of thioether (sulfide) groups is 1. The Morgan fingerprint density at radius 2 is 0.973 bits per heavy atom. The van der Waals surface area contributed by atoms with Crippen LogP contribution in [-0.4, -0.2) is 200 Å². The molecule has 2 saturated carbocycles. The molecule has 0 bridgehead atoms. The van der Waals surface area contributed by atoms with Crippen molar-refractivity contribution in [1.82, 2.24) is 60.3 Å². The lowest BCUT2D eigenvalue weighted by atomic mass is 9.73. The fourth-order valence-electron chi connectivity index (χ4n) is 13.7. The number of fused-ring (bicyclic) bond motifs is 4. The number of hydrogen-bond acceptors (Lipinski definition) is 24. The van der Waals surface area contributed by atoms with Gasteiger partial charge in [0.2, 0.25) is 28.8 Å². The number of carbonyl (C=O) groups is 4. The van der Waals surface area contributed by atoms with Gasteiger partial charge in [-0.25, -0.2) is 47.7 Å². The Morgan fingerprint density at radius 1 is 0.580 bits per heavy atom. The van der Waals surface area contributed by atoms with E-state index in [1.165, 1.54) is 66.8 Å². The van der Waals surface area contributed by atoms with Gasteiger partial charge in [0, 0.05) is 149 Å². The van der Waals surface area contributed by atoms with Crippen molar-refractivity contribution in [2.45, 2.75) is 115 Å². The zero-order valence-electron chi connectivity index (χ0n) is 64.6. The van der Waals surface area contributed by atoms with Crippen molar-refractivity contribution in [3.8, 4) is 0 Å². The number of anilines is 3. The van der Waals surface area contributed by atoms with E-state index in [9.17, 15) is 32.3 Å². The molecule has 2 aliphatic carbocycles.